The molecule has 0 heterocycles. The Morgan fingerprint density at radius 2 is 0.450 bits per heavy atom. The van der Waals surface area contributed by atoms with Gasteiger partial charge in [0.25, 0.3) is 0 Å². The molecule has 12 N–H and O–H groups in total. The van der Waals surface area contributed by atoms with E-state index in [1.807, 2.05) is 0 Å². The Labute approximate surface area is 136 Å². The summed E-state index contributed by atoms with van der Waals surface area (Å²) in [6.07, 6.45) is 0. The fourth-order valence-electron chi connectivity index (χ4n) is 0. The van der Waals surface area contributed by atoms with Crippen LogP contribution < -0.4 is 18.9 Å². The van der Waals surface area contributed by atoms with Crippen molar-refractivity contribution in [2.45, 2.75) is 0 Å². The monoisotopic (exact) mass is 325 g/mol. The van der Waals surface area contributed by atoms with Gasteiger partial charge in [-0.3, -0.25) is 0 Å². The van der Waals surface area contributed by atoms with Crippen LogP contribution in [0.15, 0.2) is 0 Å². The zero-order valence-corrected chi connectivity index (χ0v) is 11.1. The van der Waals surface area contributed by atoms with Crippen molar-refractivity contribution >= 4 is 23.1 Å². The van der Waals surface area contributed by atoms with Crippen molar-refractivity contribution in [2.24, 2.45) is 0 Å². The number of hydrogen-bond donors (Lipinski definition) is 0. The first-order chi connectivity index (χ1) is 5.20. The van der Waals surface area contributed by atoms with Crippen LogP contribution in [0.2, 0.25) is 0 Å². The standard InChI is InChI=1S/Li.Mg.3NO3.6H2O/c;;3*2-1(3)4;;;;;;/h;;;;;6*1H2/q+1;+2;3*-1;;;;;;. The van der Waals surface area contributed by atoms with Crippen molar-refractivity contribution < 1.29 is 67.0 Å². The molecule has 0 unspecified atom stereocenters. The van der Waals surface area contributed by atoms with Crippen LogP contribution in [-0.4, -0.2) is 71.2 Å². The minimum absolute atomic E-state index is 0. The molecule has 0 bridgehead atoms. The van der Waals surface area contributed by atoms with Gasteiger partial charge in [0, 0.05) is 0 Å². The van der Waals surface area contributed by atoms with Crippen LogP contribution in [0.25, 0.3) is 0 Å². The second kappa shape index (κ2) is 83.1. The van der Waals surface area contributed by atoms with Crippen molar-refractivity contribution in [2.75, 3.05) is 0 Å². The van der Waals surface area contributed by atoms with E-state index >= 15 is 0 Å². The molecular weight excluding hydrogens is 313 g/mol. The van der Waals surface area contributed by atoms with Gasteiger partial charge in [0.15, 0.2) is 0 Å². The Balaban J connectivity index is -0.00000000562. The van der Waals surface area contributed by atoms with Crippen LogP contribution in [0.5, 0.6) is 0 Å². The molecule has 0 radical (unpaired) electrons. The molecule has 0 spiro atoms. The van der Waals surface area contributed by atoms with Gasteiger partial charge < -0.3 is 78.8 Å². The summed E-state index contributed by atoms with van der Waals surface area (Å²) in [5.74, 6) is 0. The molecule has 20 heavy (non-hydrogen) atoms. The zero-order chi connectivity index (χ0) is 10.7. The largest absolute Gasteiger partial charge is 2.00 e. The summed E-state index contributed by atoms with van der Waals surface area (Å²) in [6.45, 7) is 0. The van der Waals surface area contributed by atoms with Gasteiger partial charge in [0.1, 0.15) is 0 Å². The minimum atomic E-state index is -1.75. The summed E-state index contributed by atoms with van der Waals surface area (Å²) in [5, 5.41) is 44.2. The molecule has 0 aromatic carbocycles. The first-order valence-electron chi connectivity index (χ1n) is 1.64. The Morgan fingerprint density at radius 1 is 0.450 bits per heavy atom. The van der Waals surface area contributed by atoms with E-state index in [0.717, 1.165) is 0 Å². The Hall–Kier alpha value is -1.28. The molecule has 0 aliphatic carbocycles. The van der Waals surface area contributed by atoms with Crippen molar-refractivity contribution in [3.63, 3.8) is 0 Å². The predicted octanol–water partition coefficient (Wildman–Crippen LogP) is -9.04. The fourth-order valence-corrected chi connectivity index (χ4v) is 0. The molecule has 120 valence electrons. The van der Waals surface area contributed by atoms with Crippen LogP contribution in [0, 0.1) is 46.0 Å². The summed E-state index contributed by atoms with van der Waals surface area (Å²) in [7, 11) is 0. The maximum atomic E-state index is 8.25. The number of hydrogen-bond acceptors (Lipinski definition) is 9. The molecule has 0 saturated carbocycles. The van der Waals surface area contributed by atoms with E-state index in [0.29, 0.717) is 0 Å². The fraction of sp³-hybridized carbons (Fsp3) is 0. The second-order valence-corrected chi connectivity index (χ2v) is 0.671. The topological polar surface area (TPSA) is 388 Å². The molecule has 18 nitrogen and oxygen atoms in total. The van der Waals surface area contributed by atoms with Gasteiger partial charge in [-0.2, -0.15) is 0 Å². The summed E-state index contributed by atoms with van der Waals surface area (Å²) < 4.78 is 0. The Morgan fingerprint density at radius 3 is 0.450 bits per heavy atom. The third kappa shape index (κ3) is 2540. The van der Waals surface area contributed by atoms with Gasteiger partial charge in [0.05, 0.1) is 15.3 Å². The Kier molecular flexibility index (Phi) is 410. The van der Waals surface area contributed by atoms with Gasteiger partial charge in [0.2, 0.25) is 0 Å². The van der Waals surface area contributed by atoms with Crippen molar-refractivity contribution in [1.29, 1.82) is 0 Å². The normalized spacial score (nSPS) is 3.60. The summed E-state index contributed by atoms with van der Waals surface area (Å²) in [4.78, 5) is 24.8. The molecule has 0 aliphatic rings. The molecule has 0 aliphatic heterocycles. The van der Waals surface area contributed by atoms with Crippen molar-refractivity contribution in [3.8, 4) is 0 Å². The molecule has 0 aromatic heterocycles. The second-order valence-electron chi connectivity index (χ2n) is 0.671. The van der Waals surface area contributed by atoms with Crippen LogP contribution in [0.3, 0.4) is 0 Å². The molecular formula is H12LiMgN3O15. The first-order valence-corrected chi connectivity index (χ1v) is 1.64. The van der Waals surface area contributed by atoms with Crippen molar-refractivity contribution in [3.05, 3.63) is 46.0 Å². The molecule has 20 heteroatoms. The maximum absolute atomic E-state index is 8.25. The van der Waals surface area contributed by atoms with E-state index in [-0.39, 0.29) is 74.8 Å². The van der Waals surface area contributed by atoms with E-state index < -0.39 is 15.3 Å². The van der Waals surface area contributed by atoms with Crippen LogP contribution in [0.4, 0.5) is 0 Å². The average Bonchev–Trinajstić information content (AvgIpc) is 1.54. The summed E-state index contributed by atoms with van der Waals surface area (Å²) in [6, 6.07) is 0. The smallest absolute Gasteiger partial charge is 0.412 e. The minimum Gasteiger partial charge on any atom is -0.412 e. The van der Waals surface area contributed by atoms with Gasteiger partial charge in [-0.1, -0.05) is 0 Å². The van der Waals surface area contributed by atoms with E-state index in [1.165, 1.54) is 0 Å². The van der Waals surface area contributed by atoms with E-state index in [1.54, 1.807) is 0 Å². The van der Waals surface area contributed by atoms with Crippen molar-refractivity contribution in [1.82, 2.24) is 0 Å². The average molecular weight is 325 g/mol. The van der Waals surface area contributed by atoms with Gasteiger partial charge in [-0.05, 0) is 0 Å². The third-order valence-electron chi connectivity index (χ3n) is 0. The quantitative estimate of drug-likeness (QED) is 0.231. The Bertz CT molecular complexity index is 121. The first kappa shape index (κ1) is 98.6. The van der Waals surface area contributed by atoms with Crippen LogP contribution in [0.1, 0.15) is 0 Å². The third-order valence-corrected chi connectivity index (χ3v) is 0. The number of rotatable bonds is 0. The molecule has 0 aromatic rings. The van der Waals surface area contributed by atoms with Crippen LogP contribution in [-0.2, 0) is 0 Å². The molecule has 0 amide bonds. The van der Waals surface area contributed by atoms with E-state index in [9.17, 15) is 0 Å². The van der Waals surface area contributed by atoms with Gasteiger partial charge >= 0.3 is 41.9 Å². The molecule has 0 rings (SSSR count). The van der Waals surface area contributed by atoms with Gasteiger partial charge in [-0.15, -0.1) is 0 Å². The van der Waals surface area contributed by atoms with E-state index in [2.05, 4.69) is 0 Å². The summed E-state index contributed by atoms with van der Waals surface area (Å²) in [5.41, 5.74) is 0. The molecule has 0 atom stereocenters. The SMILES string of the molecule is O.O.O.O.O.O.O=[N+]([O-])[O-].O=[N+]([O-])[O-].O=[N+]([O-])[O-].[Li+].[Mg+2]. The predicted molar refractivity (Wildman–Crippen MR) is 58.5 cm³/mol. The zero-order valence-electron chi connectivity index (χ0n) is 9.72. The molecule has 0 fully saturated rings. The van der Waals surface area contributed by atoms with Crippen LogP contribution >= 0.6 is 0 Å². The molecule has 0 saturated heterocycles. The van der Waals surface area contributed by atoms with E-state index in [4.69, 9.17) is 46.0 Å². The maximum Gasteiger partial charge on any atom is 2.00 e. The number of nitrogens with zero attached hydrogens (tertiary/aromatic N) is 3. The summed E-state index contributed by atoms with van der Waals surface area (Å²) >= 11 is 0. The van der Waals surface area contributed by atoms with Gasteiger partial charge in [-0.25, -0.2) is 0 Å².